The number of benzene rings is 3. The van der Waals surface area contributed by atoms with Gasteiger partial charge in [0.1, 0.15) is 11.5 Å². The fourth-order valence-corrected chi connectivity index (χ4v) is 4.74. The third-order valence-corrected chi connectivity index (χ3v) is 6.53. The maximum Gasteiger partial charge on any atom is 0.128 e. The van der Waals surface area contributed by atoms with Crippen LogP contribution in [0.1, 0.15) is 0 Å². The normalized spacial score (nSPS) is 11.6. The van der Waals surface area contributed by atoms with E-state index in [2.05, 4.69) is 9.97 Å². The molecule has 7 rings (SSSR count). The zero-order valence-electron chi connectivity index (χ0n) is 18.9. The number of phenolic OH excluding ortho intramolecular Hbond substituents is 2. The summed E-state index contributed by atoms with van der Waals surface area (Å²) in [6.45, 7) is 0. The molecule has 7 aromatic rings. The molecule has 0 aliphatic carbocycles. The quantitative estimate of drug-likeness (QED) is 0.278. The smallest absolute Gasteiger partial charge is 0.128 e. The second-order valence-electron chi connectivity index (χ2n) is 8.70. The van der Waals surface area contributed by atoms with E-state index < -0.39 is 0 Å². The average Bonchev–Trinajstić information content (AvgIpc) is 2.92. The lowest BCUT2D eigenvalue weighted by molar-refractivity contribution is 0.453. The molecule has 0 unspecified atom stereocenters. The van der Waals surface area contributed by atoms with Gasteiger partial charge in [-0.2, -0.15) is 0 Å². The van der Waals surface area contributed by atoms with Gasteiger partial charge in [0, 0.05) is 51.1 Å². The highest BCUT2D eigenvalue weighted by Gasteiger charge is 2.16. The number of phenols is 2. The lowest BCUT2D eigenvalue weighted by atomic mass is 10.0. The van der Waals surface area contributed by atoms with Crippen LogP contribution in [0.25, 0.3) is 66.1 Å². The molecule has 0 radical (unpaired) electrons. The van der Waals surface area contributed by atoms with E-state index in [1.165, 1.54) is 6.07 Å². The highest BCUT2D eigenvalue weighted by molar-refractivity contribution is 6.04. The van der Waals surface area contributed by atoms with Gasteiger partial charge in [0.2, 0.25) is 0 Å². The van der Waals surface area contributed by atoms with E-state index in [-0.39, 0.29) is 11.5 Å². The lowest BCUT2D eigenvalue weighted by Crippen LogP contribution is -1.92. The summed E-state index contributed by atoms with van der Waals surface area (Å²) in [6, 6.07) is 26.5. The molecular formula is C30H18N4O2. The third kappa shape index (κ3) is 3.12. The molecule has 2 N–H and O–H groups in total. The second kappa shape index (κ2) is 7.71. The second-order valence-corrected chi connectivity index (χ2v) is 8.70. The molecule has 36 heavy (non-hydrogen) atoms. The summed E-state index contributed by atoms with van der Waals surface area (Å²) in [6.07, 6.45) is 3.49. The van der Waals surface area contributed by atoms with Crippen LogP contribution in [0.5, 0.6) is 11.5 Å². The van der Waals surface area contributed by atoms with E-state index in [1.54, 1.807) is 18.5 Å². The topological polar surface area (TPSA) is 92.0 Å². The third-order valence-electron chi connectivity index (χ3n) is 6.53. The maximum absolute atomic E-state index is 10.8. The fraction of sp³-hybridized carbons (Fsp3) is 0. The summed E-state index contributed by atoms with van der Waals surface area (Å²) < 4.78 is 0. The van der Waals surface area contributed by atoms with E-state index in [9.17, 15) is 10.2 Å². The molecule has 0 aliphatic heterocycles. The van der Waals surface area contributed by atoms with Gasteiger partial charge in [0.15, 0.2) is 0 Å². The molecule has 6 nitrogen and oxygen atoms in total. The Hall–Kier alpha value is -5.10. The van der Waals surface area contributed by atoms with E-state index in [0.29, 0.717) is 22.5 Å². The van der Waals surface area contributed by atoms with Crippen LogP contribution >= 0.6 is 0 Å². The molecule has 170 valence electrons. The summed E-state index contributed by atoms with van der Waals surface area (Å²) in [7, 11) is 0. The number of aromatic hydroxyl groups is 2. The molecule has 0 spiro atoms. The molecule has 4 heterocycles. The van der Waals surface area contributed by atoms with Gasteiger partial charge in [-0.15, -0.1) is 0 Å². The van der Waals surface area contributed by atoms with Crippen molar-refractivity contribution in [1.29, 1.82) is 0 Å². The van der Waals surface area contributed by atoms with Gasteiger partial charge in [0.25, 0.3) is 0 Å². The minimum Gasteiger partial charge on any atom is -0.507 e. The molecule has 0 fully saturated rings. The summed E-state index contributed by atoms with van der Waals surface area (Å²) in [5.41, 5.74) is 5.24. The van der Waals surface area contributed by atoms with Crippen LogP contribution < -0.4 is 0 Å². The van der Waals surface area contributed by atoms with Gasteiger partial charge in [-0.3, -0.25) is 9.97 Å². The summed E-state index contributed by atoms with van der Waals surface area (Å²) in [5, 5.41) is 25.4. The van der Waals surface area contributed by atoms with Crippen LogP contribution in [0, 0.1) is 0 Å². The Morgan fingerprint density at radius 3 is 1.33 bits per heavy atom. The standard InChI is InChI=1S/C30H18N4O2/c35-25-16-26(36)22(24-12-10-20-8-6-18-4-2-14-32-28(18)30(20)34-24)15-21(25)23-11-9-19-7-5-17-3-1-13-31-27(17)29(19)33-23/h1-16,35-36H. The number of rotatable bonds is 2. The molecule has 0 amide bonds. The average molecular weight is 467 g/mol. The molecule has 6 heteroatoms. The van der Waals surface area contributed by atoms with Gasteiger partial charge in [-0.25, -0.2) is 9.97 Å². The number of hydrogen-bond acceptors (Lipinski definition) is 6. The highest BCUT2D eigenvalue weighted by Crippen LogP contribution is 2.40. The van der Waals surface area contributed by atoms with Crippen molar-refractivity contribution in [2.45, 2.75) is 0 Å². The summed E-state index contributed by atoms with van der Waals surface area (Å²) in [4.78, 5) is 18.7. The first kappa shape index (κ1) is 20.3. The first-order valence-electron chi connectivity index (χ1n) is 11.5. The first-order valence-corrected chi connectivity index (χ1v) is 11.5. The van der Waals surface area contributed by atoms with Crippen molar-refractivity contribution in [2.75, 3.05) is 0 Å². The van der Waals surface area contributed by atoms with Crippen LogP contribution in [-0.2, 0) is 0 Å². The van der Waals surface area contributed by atoms with Crippen molar-refractivity contribution in [1.82, 2.24) is 19.9 Å². The minimum absolute atomic E-state index is 0.0656. The summed E-state index contributed by atoms with van der Waals surface area (Å²) >= 11 is 0. The lowest BCUT2D eigenvalue weighted by Gasteiger charge is -2.12. The Bertz CT molecular complexity index is 1840. The van der Waals surface area contributed by atoms with E-state index in [4.69, 9.17) is 9.97 Å². The molecule has 3 aromatic carbocycles. The van der Waals surface area contributed by atoms with Crippen molar-refractivity contribution in [3.05, 3.63) is 97.3 Å². The molecule has 0 saturated heterocycles. The van der Waals surface area contributed by atoms with E-state index in [1.807, 2.05) is 72.8 Å². The number of pyridine rings is 4. The molecule has 0 saturated carbocycles. The SMILES string of the molecule is Oc1cc(O)c(-c2ccc3ccc4cccnc4c3n2)cc1-c1ccc2ccc3cccnc3c2n1. The van der Waals surface area contributed by atoms with E-state index >= 15 is 0 Å². The number of nitrogens with zero attached hydrogens (tertiary/aromatic N) is 4. The highest BCUT2D eigenvalue weighted by atomic mass is 16.3. The van der Waals surface area contributed by atoms with E-state index in [0.717, 1.165) is 43.6 Å². The van der Waals surface area contributed by atoms with Crippen molar-refractivity contribution in [3.8, 4) is 34.0 Å². The fourth-order valence-electron chi connectivity index (χ4n) is 4.74. The van der Waals surface area contributed by atoms with Gasteiger partial charge in [0.05, 0.1) is 33.5 Å². The molecule has 4 aromatic heterocycles. The minimum atomic E-state index is -0.0656. The van der Waals surface area contributed by atoms with Gasteiger partial charge < -0.3 is 10.2 Å². The Labute approximate surface area is 205 Å². The van der Waals surface area contributed by atoms with Crippen LogP contribution in [0.4, 0.5) is 0 Å². The van der Waals surface area contributed by atoms with Gasteiger partial charge >= 0.3 is 0 Å². The van der Waals surface area contributed by atoms with Crippen LogP contribution in [0.3, 0.4) is 0 Å². The van der Waals surface area contributed by atoms with Crippen molar-refractivity contribution < 1.29 is 10.2 Å². The maximum atomic E-state index is 10.8. The zero-order chi connectivity index (χ0) is 24.2. The Kier molecular flexibility index (Phi) is 4.35. The summed E-state index contributed by atoms with van der Waals surface area (Å²) in [5.74, 6) is -0.131. The van der Waals surface area contributed by atoms with Crippen molar-refractivity contribution in [2.24, 2.45) is 0 Å². The molecule has 0 atom stereocenters. The predicted octanol–water partition coefficient (Wildman–Crippen LogP) is 6.62. The number of aromatic nitrogens is 4. The van der Waals surface area contributed by atoms with Crippen molar-refractivity contribution >= 4 is 43.6 Å². The van der Waals surface area contributed by atoms with Crippen LogP contribution in [0.15, 0.2) is 97.3 Å². The monoisotopic (exact) mass is 466 g/mol. The molecular weight excluding hydrogens is 448 g/mol. The Morgan fingerprint density at radius 2 is 0.861 bits per heavy atom. The first-order chi connectivity index (χ1) is 17.7. The zero-order valence-corrected chi connectivity index (χ0v) is 18.9. The van der Waals surface area contributed by atoms with Crippen LogP contribution in [0.2, 0.25) is 0 Å². The van der Waals surface area contributed by atoms with Gasteiger partial charge in [-0.1, -0.05) is 48.5 Å². The Morgan fingerprint density at radius 1 is 0.444 bits per heavy atom. The predicted molar refractivity (Wildman–Crippen MR) is 142 cm³/mol. The number of hydrogen-bond donors (Lipinski definition) is 2. The molecule has 0 aliphatic rings. The Balaban J connectivity index is 1.43. The number of fused-ring (bicyclic) bond motifs is 6. The molecule has 0 bridgehead atoms. The van der Waals surface area contributed by atoms with Crippen molar-refractivity contribution in [3.63, 3.8) is 0 Å². The van der Waals surface area contributed by atoms with Crippen LogP contribution in [-0.4, -0.2) is 30.1 Å². The largest absolute Gasteiger partial charge is 0.507 e. The van der Waals surface area contributed by atoms with Gasteiger partial charge in [-0.05, 0) is 30.3 Å².